The molecular formula is C18H22N2O3. The van der Waals surface area contributed by atoms with Crippen molar-refractivity contribution in [3.8, 4) is 11.5 Å². The van der Waals surface area contributed by atoms with E-state index in [1.165, 1.54) is 7.11 Å². The van der Waals surface area contributed by atoms with E-state index in [1.807, 2.05) is 32.0 Å². The van der Waals surface area contributed by atoms with E-state index in [1.54, 1.807) is 25.1 Å². The van der Waals surface area contributed by atoms with Crippen molar-refractivity contribution in [2.45, 2.75) is 26.9 Å². The Kier molecular flexibility index (Phi) is 5.11. The second-order valence-corrected chi connectivity index (χ2v) is 5.48. The Bertz CT molecular complexity index is 713. The van der Waals surface area contributed by atoms with E-state index in [0.717, 1.165) is 11.1 Å². The molecule has 0 aliphatic carbocycles. The van der Waals surface area contributed by atoms with Crippen LogP contribution in [0.4, 0.5) is 11.4 Å². The first-order valence-corrected chi connectivity index (χ1v) is 7.39. The third-order valence-electron chi connectivity index (χ3n) is 3.50. The summed E-state index contributed by atoms with van der Waals surface area (Å²) in [4.78, 5) is 12.4. The standard InChI is InChI=1S/C18H22N2O3/c1-11-5-6-12(2)17(9-11)23-13(3)18(21)20-15-10-14(19)7-8-16(15)22-4/h5-10,13H,19H2,1-4H3,(H,20,21)/t13-/m0/s1. The van der Waals surface area contributed by atoms with E-state index < -0.39 is 6.10 Å². The van der Waals surface area contributed by atoms with Crippen molar-refractivity contribution >= 4 is 17.3 Å². The molecular weight excluding hydrogens is 292 g/mol. The summed E-state index contributed by atoms with van der Waals surface area (Å²) in [6.45, 7) is 5.63. The third kappa shape index (κ3) is 4.16. The van der Waals surface area contributed by atoms with Gasteiger partial charge in [0.2, 0.25) is 0 Å². The summed E-state index contributed by atoms with van der Waals surface area (Å²) in [5.41, 5.74) is 8.89. The van der Waals surface area contributed by atoms with Gasteiger partial charge in [0.25, 0.3) is 5.91 Å². The first-order chi connectivity index (χ1) is 10.9. The molecule has 0 aromatic heterocycles. The predicted octanol–water partition coefficient (Wildman–Crippen LogP) is 3.30. The summed E-state index contributed by atoms with van der Waals surface area (Å²) in [5, 5.41) is 2.79. The highest BCUT2D eigenvalue weighted by molar-refractivity contribution is 5.96. The lowest BCUT2D eigenvalue weighted by Crippen LogP contribution is -2.30. The number of nitrogens with one attached hydrogen (secondary N) is 1. The van der Waals surface area contributed by atoms with Gasteiger partial charge in [0.15, 0.2) is 6.10 Å². The molecule has 1 amide bonds. The van der Waals surface area contributed by atoms with Gasteiger partial charge in [0, 0.05) is 5.69 Å². The first kappa shape index (κ1) is 16.7. The van der Waals surface area contributed by atoms with Crippen LogP contribution in [-0.2, 0) is 4.79 Å². The van der Waals surface area contributed by atoms with Crippen LogP contribution < -0.4 is 20.5 Å². The predicted molar refractivity (Wildman–Crippen MR) is 92.0 cm³/mol. The quantitative estimate of drug-likeness (QED) is 0.831. The molecule has 2 rings (SSSR count). The van der Waals surface area contributed by atoms with Crippen LogP contribution in [0.2, 0.25) is 0 Å². The molecule has 0 radical (unpaired) electrons. The van der Waals surface area contributed by atoms with Crippen molar-refractivity contribution in [1.29, 1.82) is 0 Å². The summed E-state index contributed by atoms with van der Waals surface area (Å²) in [7, 11) is 1.54. The molecule has 2 aromatic rings. The molecule has 0 saturated carbocycles. The number of carbonyl (C=O) groups is 1. The minimum atomic E-state index is -0.651. The summed E-state index contributed by atoms with van der Waals surface area (Å²) < 4.78 is 11.0. The number of nitrogen functional groups attached to an aromatic ring is 1. The smallest absolute Gasteiger partial charge is 0.265 e. The number of hydrogen-bond donors (Lipinski definition) is 2. The molecule has 0 heterocycles. The fraction of sp³-hybridized carbons (Fsp3) is 0.278. The number of rotatable bonds is 5. The maximum Gasteiger partial charge on any atom is 0.265 e. The van der Waals surface area contributed by atoms with Crippen LogP contribution in [0.1, 0.15) is 18.1 Å². The Labute approximate surface area is 136 Å². The van der Waals surface area contributed by atoms with E-state index >= 15 is 0 Å². The van der Waals surface area contributed by atoms with Crippen molar-refractivity contribution in [3.63, 3.8) is 0 Å². The lowest BCUT2D eigenvalue weighted by molar-refractivity contribution is -0.122. The average Bonchev–Trinajstić information content (AvgIpc) is 2.51. The summed E-state index contributed by atoms with van der Waals surface area (Å²) >= 11 is 0. The number of amides is 1. The molecule has 0 bridgehead atoms. The van der Waals surface area contributed by atoms with E-state index in [-0.39, 0.29) is 5.91 Å². The lowest BCUT2D eigenvalue weighted by Gasteiger charge is -2.18. The van der Waals surface area contributed by atoms with Crippen LogP contribution in [0.5, 0.6) is 11.5 Å². The maximum atomic E-state index is 12.4. The van der Waals surface area contributed by atoms with Crippen LogP contribution in [0.15, 0.2) is 36.4 Å². The number of hydrogen-bond acceptors (Lipinski definition) is 4. The van der Waals surface area contributed by atoms with Crippen LogP contribution in [0.25, 0.3) is 0 Å². The molecule has 0 saturated heterocycles. The number of anilines is 2. The number of methoxy groups -OCH3 is 1. The van der Waals surface area contributed by atoms with Crippen molar-refractivity contribution in [2.24, 2.45) is 0 Å². The van der Waals surface area contributed by atoms with Gasteiger partial charge in [-0.15, -0.1) is 0 Å². The highest BCUT2D eigenvalue weighted by atomic mass is 16.5. The van der Waals surface area contributed by atoms with Crippen molar-refractivity contribution in [2.75, 3.05) is 18.2 Å². The van der Waals surface area contributed by atoms with E-state index in [4.69, 9.17) is 15.2 Å². The maximum absolute atomic E-state index is 12.4. The molecule has 3 N–H and O–H groups in total. The molecule has 5 nitrogen and oxygen atoms in total. The van der Waals surface area contributed by atoms with Gasteiger partial charge in [-0.3, -0.25) is 4.79 Å². The Morgan fingerprint density at radius 2 is 1.87 bits per heavy atom. The number of ether oxygens (including phenoxy) is 2. The van der Waals surface area contributed by atoms with Gasteiger partial charge in [0.05, 0.1) is 12.8 Å². The van der Waals surface area contributed by atoms with Gasteiger partial charge in [-0.2, -0.15) is 0 Å². The Hall–Kier alpha value is -2.69. The SMILES string of the molecule is COc1ccc(N)cc1NC(=O)[C@H](C)Oc1cc(C)ccc1C. The van der Waals surface area contributed by atoms with Gasteiger partial charge < -0.3 is 20.5 Å². The van der Waals surface area contributed by atoms with Crippen molar-refractivity contribution in [3.05, 3.63) is 47.5 Å². The minimum Gasteiger partial charge on any atom is -0.495 e. The van der Waals surface area contributed by atoms with Crippen LogP contribution in [-0.4, -0.2) is 19.1 Å². The lowest BCUT2D eigenvalue weighted by atomic mass is 10.1. The normalized spacial score (nSPS) is 11.7. The van der Waals surface area contributed by atoms with Crippen molar-refractivity contribution < 1.29 is 14.3 Å². The second-order valence-electron chi connectivity index (χ2n) is 5.48. The molecule has 122 valence electrons. The first-order valence-electron chi connectivity index (χ1n) is 7.39. The highest BCUT2D eigenvalue weighted by Gasteiger charge is 2.17. The van der Waals surface area contributed by atoms with E-state index in [0.29, 0.717) is 22.9 Å². The molecule has 5 heteroatoms. The van der Waals surface area contributed by atoms with E-state index in [2.05, 4.69) is 5.32 Å². The molecule has 0 fully saturated rings. The largest absolute Gasteiger partial charge is 0.495 e. The number of nitrogens with two attached hydrogens (primary N) is 1. The van der Waals surface area contributed by atoms with Gasteiger partial charge >= 0.3 is 0 Å². The Morgan fingerprint density at radius 3 is 2.57 bits per heavy atom. The molecule has 1 atom stereocenters. The fourth-order valence-corrected chi connectivity index (χ4v) is 2.14. The second kappa shape index (κ2) is 7.05. The fourth-order valence-electron chi connectivity index (χ4n) is 2.14. The van der Waals surface area contributed by atoms with Crippen molar-refractivity contribution in [1.82, 2.24) is 0 Å². The zero-order valence-electron chi connectivity index (χ0n) is 13.8. The number of carbonyl (C=O) groups excluding carboxylic acids is 1. The summed E-state index contributed by atoms with van der Waals surface area (Å²) in [6, 6.07) is 11.0. The van der Waals surface area contributed by atoms with E-state index in [9.17, 15) is 4.79 Å². The molecule has 0 aliphatic rings. The number of aryl methyl sites for hydroxylation is 2. The number of benzene rings is 2. The molecule has 23 heavy (non-hydrogen) atoms. The van der Waals surface area contributed by atoms with Gasteiger partial charge in [-0.05, 0) is 56.2 Å². The molecule has 2 aromatic carbocycles. The van der Waals surface area contributed by atoms with Crippen LogP contribution >= 0.6 is 0 Å². The van der Waals surface area contributed by atoms with Crippen LogP contribution in [0.3, 0.4) is 0 Å². The minimum absolute atomic E-state index is 0.269. The van der Waals surface area contributed by atoms with Gasteiger partial charge in [-0.25, -0.2) is 0 Å². The topological polar surface area (TPSA) is 73.6 Å². The van der Waals surface area contributed by atoms with Crippen LogP contribution in [0, 0.1) is 13.8 Å². The zero-order valence-corrected chi connectivity index (χ0v) is 13.8. The monoisotopic (exact) mass is 314 g/mol. The Balaban J connectivity index is 2.11. The third-order valence-corrected chi connectivity index (χ3v) is 3.50. The summed E-state index contributed by atoms with van der Waals surface area (Å²) in [5.74, 6) is 0.980. The highest BCUT2D eigenvalue weighted by Crippen LogP contribution is 2.27. The zero-order chi connectivity index (χ0) is 17.0. The average molecular weight is 314 g/mol. The molecule has 0 spiro atoms. The van der Waals surface area contributed by atoms with Gasteiger partial charge in [0.1, 0.15) is 11.5 Å². The summed E-state index contributed by atoms with van der Waals surface area (Å²) in [6.07, 6.45) is -0.651. The molecule has 0 aliphatic heterocycles. The Morgan fingerprint density at radius 1 is 1.13 bits per heavy atom. The van der Waals surface area contributed by atoms with Gasteiger partial charge in [-0.1, -0.05) is 12.1 Å². The molecule has 0 unspecified atom stereocenters.